The predicted molar refractivity (Wildman–Crippen MR) is 80.7 cm³/mol. The van der Waals surface area contributed by atoms with Gasteiger partial charge in [-0.3, -0.25) is 14.9 Å². The lowest BCUT2D eigenvalue weighted by atomic mass is 10.2. The summed E-state index contributed by atoms with van der Waals surface area (Å²) in [7, 11) is 0. The van der Waals surface area contributed by atoms with Crippen molar-refractivity contribution in [2.24, 2.45) is 5.92 Å². The average molecular weight is 315 g/mol. The van der Waals surface area contributed by atoms with Crippen molar-refractivity contribution in [2.45, 2.75) is 20.3 Å². The molecule has 7 heteroatoms. The van der Waals surface area contributed by atoms with E-state index >= 15 is 0 Å². The molecule has 0 aliphatic heterocycles. The SMILES string of the molecule is CC(C)COCCCNC(=O)c1ccc(Cl)c([N+](=O)[O-])c1. The van der Waals surface area contributed by atoms with Crippen LogP contribution in [0.5, 0.6) is 0 Å². The number of nitrogens with one attached hydrogen (secondary N) is 1. The van der Waals surface area contributed by atoms with Crippen LogP contribution in [0.1, 0.15) is 30.6 Å². The summed E-state index contributed by atoms with van der Waals surface area (Å²) in [6.45, 7) is 5.84. The molecule has 0 aliphatic rings. The van der Waals surface area contributed by atoms with Crippen molar-refractivity contribution in [2.75, 3.05) is 19.8 Å². The molecule has 0 saturated heterocycles. The largest absolute Gasteiger partial charge is 0.381 e. The van der Waals surface area contributed by atoms with E-state index in [2.05, 4.69) is 19.2 Å². The van der Waals surface area contributed by atoms with Gasteiger partial charge in [-0.25, -0.2) is 0 Å². The van der Waals surface area contributed by atoms with E-state index in [9.17, 15) is 14.9 Å². The van der Waals surface area contributed by atoms with Gasteiger partial charge in [-0.1, -0.05) is 25.4 Å². The molecule has 116 valence electrons. The van der Waals surface area contributed by atoms with Crippen LogP contribution in [-0.4, -0.2) is 30.6 Å². The Hall–Kier alpha value is -1.66. The molecule has 0 spiro atoms. The van der Waals surface area contributed by atoms with Crippen molar-refractivity contribution in [1.29, 1.82) is 0 Å². The number of nitro groups is 1. The summed E-state index contributed by atoms with van der Waals surface area (Å²) < 4.78 is 5.39. The standard InChI is InChI=1S/C14H19ClN2O4/c1-10(2)9-21-7-3-6-16-14(18)11-4-5-12(15)13(8-11)17(19)20/h4-5,8,10H,3,6-7,9H2,1-2H3,(H,16,18). The molecule has 6 nitrogen and oxygen atoms in total. The zero-order valence-corrected chi connectivity index (χ0v) is 12.9. The highest BCUT2D eigenvalue weighted by atomic mass is 35.5. The summed E-state index contributed by atoms with van der Waals surface area (Å²) in [5, 5.41) is 13.5. The highest BCUT2D eigenvalue weighted by Crippen LogP contribution is 2.24. The first kappa shape index (κ1) is 17.4. The first-order valence-corrected chi connectivity index (χ1v) is 7.09. The molecule has 0 heterocycles. The summed E-state index contributed by atoms with van der Waals surface area (Å²) >= 11 is 5.69. The second-order valence-electron chi connectivity index (χ2n) is 5.00. The number of hydrogen-bond acceptors (Lipinski definition) is 4. The molecule has 1 N–H and O–H groups in total. The quantitative estimate of drug-likeness (QED) is 0.454. The van der Waals surface area contributed by atoms with Crippen molar-refractivity contribution in [1.82, 2.24) is 5.32 Å². The molecule has 0 radical (unpaired) electrons. The minimum atomic E-state index is -0.612. The predicted octanol–water partition coefficient (Wildman–Crippen LogP) is 3.04. The lowest BCUT2D eigenvalue weighted by Gasteiger charge is -2.08. The molecule has 1 aromatic rings. The molecule has 1 amide bonds. The van der Waals surface area contributed by atoms with E-state index in [4.69, 9.17) is 16.3 Å². The van der Waals surface area contributed by atoms with E-state index in [0.29, 0.717) is 32.1 Å². The highest BCUT2D eigenvalue weighted by molar-refractivity contribution is 6.32. The van der Waals surface area contributed by atoms with Gasteiger partial charge in [0.2, 0.25) is 0 Å². The van der Waals surface area contributed by atoms with Gasteiger partial charge in [0.05, 0.1) is 4.92 Å². The van der Waals surface area contributed by atoms with Crippen molar-refractivity contribution in [3.8, 4) is 0 Å². The summed E-state index contributed by atoms with van der Waals surface area (Å²) in [5.74, 6) is 0.118. The number of nitro benzene ring substituents is 1. The minimum absolute atomic E-state index is 0.0126. The van der Waals surface area contributed by atoms with Crippen molar-refractivity contribution >= 4 is 23.2 Å². The Labute approximate surface area is 128 Å². The number of carbonyl (C=O) groups is 1. The molecule has 0 aromatic heterocycles. The van der Waals surface area contributed by atoms with Crippen LogP contribution in [0.4, 0.5) is 5.69 Å². The highest BCUT2D eigenvalue weighted by Gasteiger charge is 2.15. The van der Waals surface area contributed by atoms with Crippen LogP contribution >= 0.6 is 11.6 Å². The molecule has 0 bridgehead atoms. The zero-order chi connectivity index (χ0) is 15.8. The smallest absolute Gasteiger partial charge is 0.288 e. The number of rotatable bonds is 8. The molecule has 21 heavy (non-hydrogen) atoms. The van der Waals surface area contributed by atoms with Crippen LogP contribution in [0.3, 0.4) is 0 Å². The minimum Gasteiger partial charge on any atom is -0.381 e. The Morgan fingerprint density at radius 2 is 2.19 bits per heavy atom. The first-order chi connectivity index (χ1) is 9.91. The number of nitrogens with zero attached hydrogens (tertiary/aromatic N) is 1. The summed E-state index contributed by atoms with van der Waals surface area (Å²) in [6, 6.07) is 3.98. The van der Waals surface area contributed by atoms with E-state index in [0.717, 1.165) is 0 Å². The fraction of sp³-hybridized carbons (Fsp3) is 0.500. The lowest BCUT2D eigenvalue weighted by Crippen LogP contribution is -2.25. The van der Waals surface area contributed by atoms with E-state index in [1.807, 2.05) is 0 Å². The zero-order valence-electron chi connectivity index (χ0n) is 12.1. The van der Waals surface area contributed by atoms with Gasteiger partial charge < -0.3 is 10.1 Å². The van der Waals surface area contributed by atoms with Crippen LogP contribution in [0.15, 0.2) is 18.2 Å². The number of amides is 1. The Balaban J connectivity index is 2.42. The van der Waals surface area contributed by atoms with Gasteiger partial charge in [0, 0.05) is 31.4 Å². The number of halogens is 1. The average Bonchev–Trinajstić information content (AvgIpc) is 2.42. The van der Waals surface area contributed by atoms with E-state index in [-0.39, 0.29) is 22.2 Å². The molecule has 0 fully saturated rings. The van der Waals surface area contributed by atoms with Gasteiger partial charge in [0.25, 0.3) is 11.6 Å². The second kappa shape index (κ2) is 8.59. The van der Waals surface area contributed by atoms with Crippen LogP contribution in [0, 0.1) is 16.0 Å². The number of carbonyl (C=O) groups excluding carboxylic acids is 1. The third-order valence-electron chi connectivity index (χ3n) is 2.61. The van der Waals surface area contributed by atoms with Gasteiger partial charge in [0.1, 0.15) is 5.02 Å². The van der Waals surface area contributed by atoms with E-state index < -0.39 is 4.92 Å². The summed E-state index contributed by atoms with van der Waals surface area (Å²) in [4.78, 5) is 22.0. The Morgan fingerprint density at radius 1 is 1.48 bits per heavy atom. The molecule has 1 rings (SSSR count). The van der Waals surface area contributed by atoms with Crippen molar-refractivity contribution in [3.63, 3.8) is 0 Å². The van der Waals surface area contributed by atoms with Gasteiger partial charge in [0.15, 0.2) is 0 Å². The lowest BCUT2D eigenvalue weighted by molar-refractivity contribution is -0.384. The number of ether oxygens (including phenoxy) is 1. The number of benzene rings is 1. The third kappa shape index (κ3) is 6.10. The molecule has 1 aromatic carbocycles. The monoisotopic (exact) mass is 314 g/mol. The van der Waals surface area contributed by atoms with E-state index in [1.165, 1.54) is 18.2 Å². The maximum atomic E-state index is 11.9. The maximum Gasteiger partial charge on any atom is 0.288 e. The summed E-state index contributed by atoms with van der Waals surface area (Å²) in [6.07, 6.45) is 0.689. The van der Waals surface area contributed by atoms with Crippen LogP contribution in [0.25, 0.3) is 0 Å². The fourth-order valence-corrected chi connectivity index (χ4v) is 1.78. The second-order valence-corrected chi connectivity index (χ2v) is 5.41. The third-order valence-corrected chi connectivity index (χ3v) is 2.93. The Bertz CT molecular complexity index is 506. The molecular formula is C14H19ClN2O4. The maximum absolute atomic E-state index is 11.9. The summed E-state index contributed by atoms with van der Waals surface area (Å²) in [5.41, 5.74) is -0.0567. The molecular weight excluding hydrogens is 296 g/mol. The van der Waals surface area contributed by atoms with Crippen molar-refractivity contribution in [3.05, 3.63) is 38.9 Å². The van der Waals surface area contributed by atoms with Crippen molar-refractivity contribution < 1.29 is 14.5 Å². The normalized spacial score (nSPS) is 10.7. The Morgan fingerprint density at radius 3 is 2.81 bits per heavy atom. The van der Waals surface area contributed by atoms with Crippen LogP contribution in [-0.2, 0) is 4.74 Å². The first-order valence-electron chi connectivity index (χ1n) is 6.71. The van der Waals surface area contributed by atoms with Gasteiger partial charge >= 0.3 is 0 Å². The van der Waals surface area contributed by atoms with Gasteiger partial charge in [-0.2, -0.15) is 0 Å². The molecule has 0 aliphatic carbocycles. The molecule has 0 atom stereocenters. The van der Waals surface area contributed by atoms with Crippen LogP contribution in [0.2, 0.25) is 5.02 Å². The van der Waals surface area contributed by atoms with Gasteiger partial charge in [-0.15, -0.1) is 0 Å². The topological polar surface area (TPSA) is 81.5 Å². The molecule has 0 unspecified atom stereocenters. The fourth-order valence-electron chi connectivity index (χ4n) is 1.59. The van der Waals surface area contributed by atoms with Crippen LogP contribution < -0.4 is 5.32 Å². The number of hydrogen-bond donors (Lipinski definition) is 1. The van der Waals surface area contributed by atoms with E-state index in [1.54, 1.807) is 0 Å². The molecule has 0 saturated carbocycles. The van der Waals surface area contributed by atoms with Gasteiger partial charge in [-0.05, 0) is 24.5 Å². The Kier molecular flexibility index (Phi) is 7.11.